The molecule has 0 fully saturated rings. The van der Waals surface area contributed by atoms with Crippen LogP contribution in [0.2, 0.25) is 0 Å². The molecule has 2 aromatic carbocycles. The summed E-state index contributed by atoms with van der Waals surface area (Å²) < 4.78 is 11.1. The van der Waals surface area contributed by atoms with Gasteiger partial charge in [-0.25, -0.2) is 0 Å². The molecule has 6 nitrogen and oxygen atoms in total. The maximum Gasteiger partial charge on any atom is 0.252 e. The average Bonchev–Trinajstić information content (AvgIpc) is 2.62. The topological polar surface area (TPSA) is 76.7 Å². The smallest absolute Gasteiger partial charge is 0.252 e. The zero-order valence-electron chi connectivity index (χ0n) is 15.1. The van der Waals surface area contributed by atoms with Gasteiger partial charge in [-0.15, -0.1) is 0 Å². The van der Waals surface area contributed by atoms with Gasteiger partial charge < -0.3 is 20.1 Å². The second-order valence-electron chi connectivity index (χ2n) is 5.68. The largest absolute Gasteiger partial charge is 0.493 e. The van der Waals surface area contributed by atoms with Crippen LogP contribution >= 0.6 is 22.6 Å². The number of ether oxygens (including phenoxy) is 2. The van der Waals surface area contributed by atoms with Gasteiger partial charge in [0.25, 0.3) is 5.91 Å². The number of anilines is 1. The highest BCUT2D eigenvalue weighted by Gasteiger charge is 2.16. The van der Waals surface area contributed by atoms with Gasteiger partial charge in [-0.2, -0.15) is 0 Å². The van der Waals surface area contributed by atoms with Crippen LogP contribution in [0.5, 0.6) is 11.5 Å². The van der Waals surface area contributed by atoms with Crippen LogP contribution in [0, 0.1) is 17.4 Å². The molecule has 7 heteroatoms. The normalized spacial score (nSPS) is 10.2. The molecule has 0 aliphatic rings. The number of methoxy groups -OCH3 is 2. The van der Waals surface area contributed by atoms with Gasteiger partial charge in [0.15, 0.2) is 11.5 Å². The van der Waals surface area contributed by atoms with Crippen molar-refractivity contribution in [1.82, 2.24) is 5.32 Å². The summed E-state index contributed by atoms with van der Waals surface area (Å²) in [6.07, 6.45) is 0. The molecule has 0 heterocycles. The lowest BCUT2D eigenvalue weighted by Crippen LogP contribution is -2.33. The fourth-order valence-electron chi connectivity index (χ4n) is 2.48. The van der Waals surface area contributed by atoms with Crippen molar-refractivity contribution in [3.63, 3.8) is 0 Å². The first-order valence-electron chi connectivity index (χ1n) is 7.93. The third-order valence-corrected chi connectivity index (χ3v) is 4.77. The van der Waals surface area contributed by atoms with Crippen molar-refractivity contribution in [2.45, 2.75) is 13.8 Å². The number of carbonyl (C=O) groups excluding carboxylic acids is 2. The Hall–Kier alpha value is -2.29. The van der Waals surface area contributed by atoms with Crippen LogP contribution in [-0.4, -0.2) is 32.6 Å². The average molecular weight is 468 g/mol. The molecule has 0 spiro atoms. The first-order valence-corrected chi connectivity index (χ1v) is 9.01. The number of benzene rings is 2. The highest BCUT2D eigenvalue weighted by Crippen LogP contribution is 2.31. The second kappa shape index (κ2) is 8.88. The number of para-hydroxylation sites is 1. The molecule has 0 saturated carbocycles. The molecule has 0 saturated heterocycles. The Morgan fingerprint density at radius 3 is 2.19 bits per heavy atom. The van der Waals surface area contributed by atoms with E-state index in [4.69, 9.17) is 9.47 Å². The van der Waals surface area contributed by atoms with Crippen molar-refractivity contribution in [2.75, 3.05) is 26.1 Å². The fraction of sp³-hybridized carbons (Fsp3) is 0.263. The van der Waals surface area contributed by atoms with Gasteiger partial charge in [0.1, 0.15) is 0 Å². The maximum absolute atomic E-state index is 12.4. The summed E-state index contributed by atoms with van der Waals surface area (Å²) in [5.74, 6) is 0.359. The minimum absolute atomic E-state index is 0.128. The predicted molar refractivity (Wildman–Crippen MR) is 109 cm³/mol. The van der Waals surface area contributed by atoms with Crippen molar-refractivity contribution in [1.29, 1.82) is 0 Å². The first kappa shape index (κ1) is 20.0. The molecular weight excluding hydrogens is 447 g/mol. The number of nitrogens with one attached hydrogen (secondary N) is 2. The molecule has 0 aliphatic carbocycles. The second-order valence-corrected chi connectivity index (χ2v) is 6.85. The van der Waals surface area contributed by atoms with E-state index in [9.17, 15) is 9.59 Å². The van der Waals surface area contributed by atoms with Gasteiger partial charge in [-0.05, 0) is 59.7 Å². The standard InChI is InChI=1S/C19H21IN2O4/c1-11-6-5-7-12(2)18(11)22-17(23)10-21-19(24)13-8-15(25-3)16(26-4)9-14(13)20/h5-9H,10H2,1-4H3,(H,21,24)(H,22,23). The minimum atomic E-state index is -0.355. The van der Waals surface area contributed by atoms with E-state index in [1.54, 1.807) is 12.1 Å². The van der Waals surface area contributed by atoms with E-state index in [0.29, 0.717) is 20.6 Å². The van der Waals surface area contributed by atoms with Crippen LogP contribution in [0.1, 0.15) is 21.5 Å². The third-order valence-electron chi connectivity index (χ3n) is 3.87. The lowest BCUT2D eigenvalue weighted by molar-refractivity contribution is -0.115. The Labute approximate surface area is 166 Å². The molecule has 0 radical (unpaired) electrons. The van der Waals surface area contributed by atoms with Crippen LogP contribution < -0.4 is 20.1 Å². The summed E-state index contributed by atoms with van der Waals surface area (Å²) >= 11 is 2.04. The van der Waals surface area contributed by atoms with Gasteiger partial charge >= 0.3 is 0 Å². The Kier molecular flexibility index (Phi) is 6.84. The van der Waals surface area contributed by atoms with E-state index < -0.39 is 0 Å². The summed E-state index contributed by atoms with van der Waals surface area (Å²) in [5, 5.41) is 5.48. The molecular formula is C19H21IN2O4. The molecule has 26 heavy (non-hydrogen) atoms. The van der Waals surface area contributed by atoms with Crippen LogP contribution in [0.4, 0.5) is 5.69 Å². The van der Waals surface area contributed by atoms with E-state index >= 15 is 0 Å². The summed E-state index contributed by atoms with van der Waals surface area (Å²) in [7, 11) is 3.04. The monoisotopic (exact) mass is 468 g/mol. The molecule has 2 N–H and O–H groups in total. The minimum Gasteiger partial charge on any atom is -0.493 e. The number of amides is 2. The number of halogens is 1. The molecule has 2 aromatic rings. The fourth-order valence-corrected chi connectivity index (χ4v) is 3.16. The lowest BCUT2D eigenvalue weighted by Gasteiger charge is -2.13. The molecule has 0 atom stereocenters. The number of hydrogen-bond donors (Lipinski definition) is 2. The van der Waals surface area contributed by atoms with Crippen molar-refractivity contribution in [2.24, 2.45) is 0 Å². The van der Waals surface area contributed by atoms with Crippen molar-refractivity contribution in [3.05, 3.63) is 50.6 Å². The molecule has 2 rings (SSSR count). The van der Waals surface area contributed by atoms with E-state index in [1.165, 1.54) is 14.2 Å². The van der Waals surface area contributed by atoms with Crippen LogP contribution in [0.25, 0.3) is 0 Å². The maximum atomic E-state index is 12.4. The van der Waals surface area contributed by atoms with Gasteiger partial charge in [0, 0.05) is 9.26 Å². The van der Waals surface area contributed by atoms with Crippen LogP contribution in [-0.2, 0) is 4.79 Å². The van der Waals surface area contributed by atoms with E-state index in [2.05, 4.69) is 10.6 Å². The third kappa shape index (κ3) is 4.66. The summed E-state index contributed by atoms with van der Waals surface area (Å²) in [4.78, 5) is 24.6. The van der Waals surface area contributed by atoms with E-state index in [0.717, 1.165) is 16.8 Å². The Morgan fingerprint density at radius 2 is 1.62 bits per heavy atom. The van der Waals surface area contributed by atoms with E-state index in [1.807, 2.05) is 54.6 Å². The number of aryl methyl sites for hydroxylation is 2. The van der Waals surface area contributed by atoms with Crippen molar-refractivity contribution in [3.8, 4) is 11.5 Å². The lowest BCUT2D eigenvalue weighted by atomic mass is 10.1. The number of hydrogen-bond acceptors (Lipinski definition) is 4. The molecule has 0 aliphatic heterocycles. The number of rotatable bonds is 6. The van der Waals surface area contributed by atoms with Gasteiger partial charge in [0.2, 0.25) is 5.91 Å². The first-order chi connectivity index (χ1) is 12.4. The zero-order chi connectivity index (χ0) is 19.3. The summed E-state index contributed by atoms with van der Waals surface area (Å²) in [6, 6.07) is 9.09. The molecule has 2 amide bonds. The highest BCUT2D eigenvalue weighted by atomic mass is 127. The molecule has 0 aromatic heterocycles. The van der Waals surface area contributed by atoms with Gasteiger partial charge in [-0.1, -0.05) is 18.2 Å². The van der Waals surface area contributed by atoms with Crippen molar-refractivity contribution >= 4 is 40.1 Å². The number of carbonyl (C=O) groups is 2. The Morgan fingerprint density at radius 1 is 1.04 bits per heavy atom. The summed E-state index contributed by atoms with van der Waals surface area (Å²) in [6.45, 7) is 3.72. The highest BCUT2D eigenvalue weighted by molar-refractivity contribution is 14.1. The molecule has 0 bridgehead atoms. The van der Waals surface area contributed by atoms with Crippen LogP contribution in [0.15, 0.2) is 30.3 Å². The van der Waals surface area contributed by atoms with Gasteiger partial charge in [-0.3, -0.25) is 9.59 Å². The Bertz CT molecular complexity index is 816. The molecule has 0 unspecified atom stereocenters. The molecule has 138 valence electrons. The van der Waals surface area contributed by atoms with Crippen LogP contribution in [0.3, 0.4) is 0 Å². The Balaban J connectivity index is 2.05. The zero-order valence-corrected chi connectivity index (χ0v) is 17.3. The van der Waals surface area contributed by atoms with Crippen molar-refractivity contribution < 1.29 is 19.1 Å². The summed E-state index contributed by atoms with van der Waals surface area (Å²) in [5.41, 5.74) is 3.13. The van der Waals surface area contributed by atoms with Gasteiger partial charge in [0.05, 0.1) is 26.3 Å². The quantitative estimate of drug-likeness (QED) is 0.639. The van der Waals surface area contributed by atoms with E-state index in [-0.39, 0.29) is 18.4 Å². The predicted octanol–water partition coefficient (Wildman–Crippen LogP) is 3.29. The SMILES string of the molecule is COc1cc(I)c(C(=O)NCC(=O)Nc2c(C)cccc2C)cc1OC.